The normalized spacial score (nSPS) is 14.1. The molecule has 0 saturated carbocycles. The van der Waals surface area contributed by atoms with Gasteiger partial charge in [-0.2, -0.15) is 0 Å². The molecular formula is C31H30N6O. The Balaban J connectivity index is 1.26. The molecule has 0 radical (unpaired) electrons. The molecule has 1 aliphatic rings. The molecule has 5 aromatic rings. The predicted molar refractivity (Wildman–Crippen MR) is 156 cm³/mol. The van der Waals surface area contributed by atoms with E-state index >= 15 is 0 Å². The number of pyridine rings is 2. The fourth-order valence-corrected chi connectivity index (χ4v) is 5.15. The first kappa shape index (κ1) is 23.9. The smallest absolute Gasteiger partial charge is 0.323 e. The van der Waals surface area contributed by atoms with Crippen LogP contribution in [0.5, 0.6) is 0 Å². The van der Waals surface area contributed by atoms with Crippen LogP contribution >= 0.6 is 0 Å². The van der Waals surface area contributed by atoms with Gasteiger partial charge in [0.05, 0.1) is 16.9 Å². The summed E-state index contributed by atoms with van der Waals surface area (Å²) in [6.45, 7) is 5.97. The molecule has 38 heavy (non-hydrogen) atoms. The first-order valence-electron chi connectivity index (χ1n) is 12.9. The van der Waals surface area contributed by atoms with Gasteiger partial charge in [0.2, 0.25) is 0 Å². The van der Waals surface area contributed by atoms with Crippen LogP contribution in [-0.4, -0.2) is 54.1 Å². The van der Waals surface area contributed by atoms with Crippen LogP contribution in [0.4, 0.5) is 21.9 Å². The predicted octanol–water partition coefficient (Wildman–Crippen LogP) is 6.15. The van der Waals surface area contributed by atoms with E-state index in [0.717, 1.165) is 81.9 Å². The van der Waals surface area contributed by atoms with E-state index < -0.39 is 0 Å². The average Bonchev–Trinajstić information content (AvgIpc) is 2.93. The van der Waals surface area contributed by atoms with Crippen LogP contribution in [0.3, 0.4) is 0 Å². The summed E-state index contributed by atoms with van der Waals surface area (Å²) < 4.78 is 0. The molecule has 7 heteroatoms. The molecule has 2 aromatic heterocycles. The molecule has 2 N–H and O–H groups in total. The molecule has 1 fully saturated rings. The Bertz CT molecular complexity index is 1640. The van der Waals surface area contributed by atoms with Crippen molar-refractivity contribution >= 4 is 44.8 Å². The van der Waals surface area contributed by atoms with Crippen LogP contribution in [-0.2, 0) is 0 Å². The fraction of sp³-hybridized carbons (Fsp3) is 0.194. The highest BCUT2D eigenvalue weighted by atomic mass is 16.2. The molecule has 1 saturated heterocycles. The monoisotopic (exact) mass is 502 g/mol. The van der Waals surface area contributed by atoms with E-state index in [1.54, 1.807) is 0 Å². The summed E-state index contributed by atoms with van der Waals surface area (Å²) >= 11 is 0. The Hall–Kier alpha value is -4.49. The second-order valence-electron chi connectivity index (χ2n) is 9.80. The second kappa shape index (κ2) is 10.1. The number of anilines is 3. The summed E-state index contributed by atoms with van der Waals surface area (Å²) in [7, 11) is 2.15. The van der Waals surface area contributed by atoms with Crippen molar-refractivity contribution in [2.45, 2.75) is 6.92 Å². The minimum absolute atomic E-state index is 0.291. The number of carbonyl (C=O) groups excluding carboxylic acids is 1. The summed E-state index contributed by atoms with van der Waals surface area (Å²) in [6, 6.07) is 25.7. The third-order valence-electron chi connectivity index (χ3n) is 7.15. The molecule has 0 spiro atoms. The maximum Gasteiger partial charge on any atom is 0.323 e. The Morgan fingerprint density at radius 3 is 2.45 bits per heavy atom. The lowest BCUT2D eigenvalue weighted by Gasteiger charge is -2.34. The molecule has 0 bridgehead atoms. The van der Waals surface area contributed by atoms with Crippen LogP contribution in [0.1, 0.15) is 5.69 Å². The lowest BCUT2D eigenvalue weighted by Crippen LogP contribution is -2.44. The average molecular weight is 503 g/mol. The maximum absolute atomic E-state index is 13.1. The summed E-state index contributed by atoms with van der Waals surface area (Å²) in [5.41, 5.74) is 6.46. The zero-order valence-electron chi connectivity index (χ0n) is 21.6. The topological polar surface area (TPSA) is 73.4 Å². The first-order chi connectivity index (χ1) is 18.5. The van der Waals surface area contributed by atoms with Gasteiger partial charge in [0.1, 0.15) is 0 Å². The standard InChI is InChI=1S/C31H30N6O/c1-21-6-3-10-28(33-21)24-8-4-9-25-23(24)7-5-11-29(25)35-31(38)34-22-12-13-27-26(20-22)30(14-15-32-27)37-18-16-36(2)17-19-37/h3-15,20H,16-19H2,1-2H3,(H2,34,35,38). The van der Waals surface area contributed by atoms with Gasteiger partial charge in [-0.25, -0.2) is 4.79 Å². The van der Waals surface area contributed by atoms with Crippen molar-refractivity contribution in [1.29, 1.82) is 0 Å². The number of aryl methyl sites for hydroxylation is 1. The molecule has 2 amide bonds. The Morgan fingerprint density at radius 1 is 0.816 bits per heavy atom. The lowest BCUT2D eigenvalue weighted by molar-refractivity contribution is 0.262. The number of aromatic nitrogens is 2. The second-order valence-corrected chi connectivity index (χ2v) is 9.80. The van der Waals surface area contributed by atoms with Crippen LogP contribution in [0.2, 0.25) is 0 Å². The van der Waals surface area contributed by atoms with Crippen LogP contribution in [0.15, 0.2) is 85.1 Å². The number of rotatable bonds is 4. The number of nitrogens with zero attached hydrogens (tertiary/aromatic N) is 4. The van der Waals surface area contributed by atoms with Crippen molar-refractivity contribution in [2.24, 2.45) is 0 Å². The first-order valence-corrected chi connectivity index (χ1v) is 12.9. The van der Waals surface area contributed by atoms with E-state index in [0.29, 0.717) is 0 Å². The molecule has 0 aliphatic carbocycles. The van der Waals surface area contributed by atoms with Crippen molar-refractivity contribution in [1.82, 2.24) is 14.9 Å². The van der Waals surface area contributed by atoms with Gasteiger partial charge >= 0.3 is 6.03 Å². The number of likely N-dealkylation sites (N-methyl/N-ethyl adjacent to an activating group) is 1. The van der Waals surface area contributed by atoms with Crippen LogP contribution in [0, 0.1) is 6.92 Å². The highest BCUT2D eigenvalue weighted by Crippen LogP contribution is 2.32. The minimum Gasteiger partial charge on any atom is -0.368 e. The Labute approximate surface area is 222 Å². The van der Waals surface area contributed by atoms with Gasteiger partial charge in [0.25, 0.3) is 0 Å². The molecule has 0 atom stereocenters. The van der Waals surface area contributed by atoms with E-state index in [1.807, 2.05) is 73.8 Å². The summed E-state index contributed by atoms with van der Waals surface area (Å²) in [6.07, 6.45) is 1.86. The lowest BCUT2D eigenvalue weighted by atomic mass is 10.0. The Morgan fingerprint density at radius 2 is 1.61 bits per heavy atom. The number of piperazine rings is 1. The Kier molecular flexibility index (Phi) is 6.35. The van der Waals surface area contributed by atoms with Crippen molar-refractivity contribution in [3.63, 3.8) is 0 Å². The van der Waals surface area contributed by atoms with Gasteiger partial charge in [-0.3, -0.25) is 9.97 Å². The number of hydrogen-bond acceptors (Lipinski definition) is 5. The number of fused-ring (bicyclic) bond motifs is 2. The van der Waals surface area contributed by atoms with Crippen LogP contribution < -0.4 is 15.5 Å². The van der Waals surface area contributed by atoms with Crippen molar-refractivity contribution in [3.8, 4) is 11.3 Å². The number of amides is 2. The van der Waals surface area contributed by atoms with Crippen molar-refractivity contribution in [3.05, 3.63) is 90.8 Å². The molecule has 1 aliphatic heterocycles. The zero-order valence-corrected chi connectivity index (χ0v) is 21.6. The molecule has 190 valence electrons. The zero-order chi connectivity index (χ0) is 26.1. The van der Waals surface area contributed by atoms with Crippen molar-refractivity contribution in [2.75, 3.05) is 48.8 Å². The van der Waals surface area contributed by atoms with Crippen molar-refractivity contribution < 1.29 is 4.79 Å². The van der Waals surface area contributed by atoms with Gasteiger partial charge in [0.15, 0.2) is 0 Å². The molecule has 6 rings (SSSR count). The largest absolute Gasteiger partial charge is 0.368 e. The fourth-order valence-electron chi connectivity index (χ4n) is 5.15. The number of urea groups is 1. The van der Waals surface area contributed by atoms with E-state index in [2.05, 4.69) is 50.7 Å². The molecule has 3 heterocycles. The third-order valence-corrected chi connectivity index (χ3v) is 7.15. The molecule has 7 nitrogen and oxygen atoms in total. The van der Waals surface area contributed by atoms with E-state index in [1.165, 1.54) is 0 Å². The molecule has 0 unspecified atom stereocenters. The van der Waals surface area contributed by atoms with E-state index in [4.69, 9.17) is 4.98 Å². The summed E-state index contributed by atoms with van der Waals surface area (Å²) in [5, 5.41) is 9.11. The van der Waals surface area contributed by atoms with Gasteiger partial charge in [-0.05, 0) is 61.8 Å². The van der Waals surface area contributed by atoms with Gasteiger partial charge in [0, 0.05) is 65.8 Å². The van der Waals surface area contributed by atoms with Gasteiger partial charge in [-0.1, -0.05) is 36.4 Å². The SMILES string of the molecule is Cc1cccc(-c2cccc3c(NC(=O)Nc4ccc5nccc(N6CCN(C)CC6)c5c4)cccc23)n1. The van der Waals surface area contributed by atoms with E-state index in [-0.39, 0.29) is 6.03 Å². The number of carbonyl (C=O) groups is 1. The summed E-state index contributed by atoms with van der Waals surface area (Å²) in [5.74, 6) is 0. The van der Waals surface area contributed by atoms with E-state index in [9.17, 15) is 4.79 Å². The molecule has 3 aromatic carbocycles. The summed E-state index contributed by atoms with van der Waals surface area (Å²) in [4.78, 5) is 27.1. The maximum atomic E-state index is 13.1. The number of hydrogen-bond donors (Lipinski definition) is 2. The highest BCUT2D eigenvalue weighted by molar-refractivity contribution is 6.09. The highest BCUT2D eigenvalue weighted by Gasteiger charge is 2.17. The van der Waals surface area contributed by atoms with Gasteiger partial charge < -0.3 is 20.4 Å². The molecular weight excluding hydrogens is 472 g/mol. The quantitative estimate of drug-likeness (QED) is 0.308. The third kappa shape index (κ3) is 4.76. The minimum atomic E-state index is -0.291. The number of benzene rings is 3. The number of nitrogens with one attached hydrogen (secondary N) is 2. The van der Waals surface area contributed by atoms with Crippen LogP contribution in [0.25, 0.3) is 32.9 Å². The van der Waals surface area contributed by atoms with Gasteiger partial charge in [-0.15, -0.1) is 0 Å².